The zero-order chi connectivity index (χ0) is 11.0. The Morgan fingerprint density at radius 1 is 1.43 bits per heavy atom. The van der Waals surface area contributed by atoms with Crippen LogP contribution in [-0.4, -0.2) is 50.0 Å². The summed E-state index contributed by atoms with van der Waals surface area (Å²) >= 11 is 0. The summed E-state index contributed by atoms with van der Waals surface area (Å²) < 4.78 is 9.46. The highest BCUT2D eigenvalue weighted by Gasteiger charge is 2.05. The molecule has 0 aliphatic heterocycles. The predicted molar refractivity (Wildman–Crippen MR) is 47.9 cm³/mol. The third-order valence-corrected chi connectivity index (χ3v) is 1.45. The maximum absolute atomic E-state index is 11.0. The Morgan fingerprint density at radius 2 is 2.07 bits per heavy atom. The van der Waals surface area contributed by atoms with E-state index in [9.17, 15) is 9.59 Å². The molecule has 0 aromatic rings. The Balaban J connectivity index is 3.41. The van der Waals surface area contributed by atoms with Crippen LogP contribution in [0.1, 0.15) is 6.92 Å². The van der Waals surface area contributed by atoms with Crippen molar-refractivity contribution in [2.24, 2.45) is 0 Å². The van der Waals surface area contributed by atoms with Gasteiger partial charge in [0.15, 0.2) is 0 Å². The van der Waals surface area contributed by atoms with E-state index in [1.165, 1.54) is 7.11 Å². The Labute approximate surface area is 82.2 Å². The molecule has 0 aliphatic carbocycles. The fourth-order valence-electron chi connectivity index (χ4n) is 0.623. The van der Waals surface area contributed by atoms with E-state index in [1.54, 1.807) is 6.92 Å². The second kappa shape index (κ2) is 7.28. The predicted octanol–water partition coefficient (Wildman–Crippen LogP) is -0.761. The molecule has 1 unspecified atom stereocenters. The fraction of sp³-hybridized carbons (Fsp3) is 0.750. The van der Waals surface area contributed by atoms with E-state index in [4.69, 9.17) is 9.84 Å². The first kappa shape index (κ1) is 12.9. The molecular formula is C8H15NO5. The molecule has 0 aromatic carbocycles. The molecule has 0 fully saturated rings. The van der Waals surface area contributed by atoms with Gasteiger partial charge in [-0.25, -0.2) is 4.79 Å². The van der Waals surface area contributed by atoms with Crippen LogP contribution in [-0.2, 0) is 19.1 Å². The number of hydrogen-bond acceptors (Lipinski definition) is 4. The summed E-state index contributed by atoms with van der Waals surface area (Å²) in [5, 5.41) is 10.7. The van der Waals surface area contributed by atoms with Crippen LogP contribution in [0.5, 0.6) is 0 Å². The smallest absolute Gasteiger partial charge is 0.329 e. The summed E-state index contributed by atoms with van der Waals surface area (Å²) in [6.07, 6.45) is -0.0709. The minimum Gasteiger partial charge on any atom is -0.480 e. The SMILES string of the molecule is COC(C)CNC(=O)COCC(=O)O. The molecule has 0 spiro atoms. The number of ether oxygens (including phenoxy) is 2. The van der Waals surface area contributed by atoms with Crippen LogP contribution in [0.4, 0.5) is 0 Å². The average molecular weight is 205 g/mol. The van der Waals surface area contributed by atoms with E-state index in [1.807, 2.05) is 0 Å². The van der Waals surface area contributed by atoms with Gasteiger partial charge in [0.1, 0.15) is 13.2 Å². The Morgan fingerprint density at radius 3 is 2.57 bits per heavy atom. The third kappa shape index (κ3) is 7.51. The average Bonchev–Trinajstić information content (AvgIpc) is 2.13. The summed E-state index contributed by atoms with van der Waals surface area (Å²) in [6.45, 7) is 1.47. The van der Waals surface area contributed by atoms with Crippen molar-refractivity contribution in [1.82, 2.24) is 5.32 Å². The first-order valence-corrected chi connectivity index (χ1v) is 4.15. The van der Waals surface area contributed by atoms with Crippen LogP contribution in [0.3, 0.4) is 0 Å². The van der Waals surface area contributed by atoms with E-state index >= 15 is 0 Å². The lowest BCUT2D eigenvalue weighted by molar-refractivity contribution is -0.143. The Hall–Kier alpha value is -1.14. The molecule has 0 saturated carbocycles. The molecule has 14 heavy (non-hydrogen) atoms. The number of carbonyl (C=O) groups excluding carboxylic acids is 1. The summed E-state index contributed by atoms with van der Waals surface area (Å²) in [4.78, 5) is 21.0. The van der Waals surface area contributed by atoms with E-state index in [2.05, 4.69) is 10.1 Å². The van der Waals surface area contributed by atoms with Crippen molar-refractivity contribution in [3.05, 3.63) is 0 Å². The highest BCUT2D eigenvalue weighted by Crippen LogP contribution is 1.84. The van der Waals surface area contributed by atoms with Gasteiger partial charge in [0.05, 0.1) is 6.10 Å². The quantitative estimate of drug-likeness (QED) is 0.570. The zero-order valence-corrected chi connectivity index (χ0v) is 8.28. The van der Waals surface area contributed by atoms with Crippen LogP contribution in [0, 0.1) is 0 Å². The molecule has 0 aromatic heterocycles. The Kier molecular flexibility index (Phi) is 6.69. The van der Waals surface area contributed by atoms with Crippen molar-refractivity contribution in [2.45, 2.75) is 13.0 Å². The van der Waals surface area contributed by atoms with Crippen molar-refractivity contribution in [1.29, 1.82) is 0 Å². The highest BCUT2D eigenvalue weighted by atomic mass is 16.5. The lowest BCUT2D eigenvalue weighted by Gasteiger charge is -2.10. The molecule has 0 rings (SSSR count). The van der Waals surface area contributed by atoms with Crippen molar-refractivity contribution < 1.29 is 24.2 Å². The van der Waals surface area contributed by atoms with Crippen LogP contribution in [0.15, 0.2) is 0 Å². The van der Waals surface area contributed by atoms with E-state index in [0.717, 1.165) is 0 Å². The summed E-state index contributed by atoms with van der Waals surface area (Å²) in [5.41, 5.74) is 0. The molecule has 1 amide bonds. The van der Waals surface area contributed by atoms with Crippen molar-refractivity contribution in [3.63, 3.8) is 0 Å². The first-order chi connectivity index (χ1) is 6.56. The van der Waals surface area contributed by atoms with Gasteiger partial charge in [0, 0.05) is 13.7 Å². The van der Waals surface area contributed by atoms with Crippen LogP contribution >= 0.6 is 0 Å². The minimum absolute atomic E-state index is 0.0709. The monoisotopic (exact) mass is 205 g/mol. The minimum atomic E-state index is -1.09. The van der Waals surface area contributed by atoms with Crippen molar-refractivity contribution in [2.75, 3.05) is 26.9 Å². The van der Waals surface area contributed by atoms with Crippen molar-refractivity contribution >= 4 is 11.9 Å². The van der Waals surface area contributed by atoms with Gasteiger partial charge in [-0.2, -0.15) is 0 Å². The number of carbonyl (C=O) groups is 2. The lowest BCUT2D eigenvalue weighted by Crippen LogP contribution is -2.34. The summed E-state index contributed by atoms with van der Waals surface area (Å²) in [6, 6.07) is 0. The van der Waals surface area contributed by atoms with Crippen LogP contribution in [0.25, 0.3) is 0 Å². The number of hydrogen-bond donors (Lipinski definition) is 2. The maximum Gasteiger partial charge on any atom is 0.329 e. The van der Waals surface area contributed by atoms with Gasteiger partial charge < -0.3 is 19.9 Å². The molecule has 6 nitrogen and oxygen atoms in total. The number of carboxylic acid groups (broad SMARTS) is 1. The van der Waals surface area contributed by atoms with Gasteiger partial charge in [0.2, 0.25) is 5.91 Å². The van der Waals surface area contributed by atoms with Gasteiger partial charge in [0.25, 0.3) is 0 Å². The Bertz CT molecular complexity index is 194. The largest absolute Gasteiger partial charge is 0.480 e. The number of aliphatic carboxylic acids is 1. The first-order valence-electron chi connectivity index (χ1n) is 4.15. The second-order valence-electron chi connectivity index (χ2n) is 2.74. The van der Waals surface area contributed by atoms with Gasteiger partial charge in [-0.05, 0) is 6.92 Å². The normalized spacial score (nSPS) is 12.1. The van der Waals surface area contributed by atoms with E-state index in [-0.39, 0.29) is 18.6 Å². The van der Waals surface area contributed by atoms with Crippen LogP contribution < -0.4 is 5.32 Å². The molecule has 82 valence electrons. The lowest BCUT2D eigenvalue weighted by atomic mass is 10.4. The number of methoxy groups -OCH3 is 1. The molecule has 0 bridgehead atoms. The number of carboxylic acids is 1. The number of nitrogens with one attached hydrogen (secondary N) is 1. The molecule has 0 radical (unpaired) electrons. The molecular weight excluding hydrogens is 190 g/mol. The third-order valence-electron chi connectivity index (χ3n) is 1.45. The van der Waals surface area contributed by atoms with Gasteiger partial charge >= 0.3 is 5.97 Å². The van der Waals surface area contributed by atoms with E-state index < -0.39 is 12.6 Å². The van der Waals surface area contributed by atoms with Crippen LogP contribution in [0.2, 0.25) is 0 Å². The molecule has 6 heteroatoms. The molecule has 0 aliphatic rings. The molecule has 1 atom stereocenters. The van der Waals surface area contributed by atoms with E-state index in [0.29, 0.717) is 6.54 Å². The fourth-order valence-corrected chi connectivity index (χ4v) is 0.623. The highest BCUT2D eigenvalue weighted by molar-refractivity contribution is 5.77. The molecule has 0 heterocycles. The van der Waals surface area contributed by atoms with Gasteiger partial charge in [-0.15, -0.1) is 0 Å². The molecule has 2 N–H and O–H groups in total. The van der Waals surface area contributed by atoms with Gasteiger partial charge in [-0.1, -0.05) is 0 Å². The number of rotatable bonds is 7. The van der Waals surface area contributed by atoms with Crippen molar-refractivity contribution in [3.8, 4) is 0 Å². The number of amides is 1. The zero-order valence-electron chi connectivity index (χ0n) is 8.28. The maximum atomic E-state index is 11.0. The topological polar surface area (TPSA) is 84.9 Å². The van der Waals surface area contributed by atoms with Gasteiger partial charge in [-0.3, -0.25) is 4.79 Å². The standard InChI is InChI=1S/C8H15NO5/c1-6(13-2)3-9-7(10)4-14-5-8(11)12/h6H,3-5H2,1-2H3,(H,9,10)(H,11,12). The summed E-state index contributed by atoms with van der Waals surface area (Å²) in [5.74, 6) is -1.45. The summed E-state index contributed by atoms with van der Waals surface area (Å²) in [7, 11) is 1.54. The second-order valence-corrected chi connectivity index (χ2v) is 2.74. The molecule has 0 saturated heterocycles.